The molecule has 0 aliphatic carbocycles. The minimum absolute atomic E-state index is 0. The smallest absolute Gasteiger partial charge is 0.191 e. The van der Waals surface area contributed by atoms with Gasteiger partial charge in [-0.3, -0.25) is 4.99 Å². The average Bonchev–Trinajstić information content (AvgIpc) is 2.64. The summed E-state index contributed by atoms with van der Waals surface area (Å²) >= 11 is 5.87. The fraction of sp³-hybridized carbons (Fsp3) is 0.350. The van der Waals surface area contributed by atoms with Gasteiger partial charge in [-0.05, 0) is 42.3 Å². The monoisotopic (exact) mass is 551 g/mol. The lowest BCUT2D eigenvalue weighted by molar-refractivity contribution is 0.224. The van der Waals surface area contributed by atoms with Crippen LogP contribution in [0.3, 0.4) is 0 Å². The van der Waals surface area contributed by atoms with Gasteiger partial charge in [0, 0.05) is 24.9 Å². The van der Waals surface area contributed by atoms with Gasteiger partial charge in [-0.25, -0.2) is 8.42 Å². The Balaban J connectivity index is 0.00000420. The van der Waals surface area contributed by atoms with Crippen molar-refractivity contribution in [3.05, 3.63) is 64.7 Å². The number of benzene rings is 2. The SMILES string of the molecule is CN=C(NCc1ccc(CS(C)(=O)=O)cc1)NCC(C)Oc1ccc(Cl)cc1.I. The van der Waals surface area contributed by atoms with E-state index in [1.165, 1.54) is 6.26 Å². The van der Waals surface area contributed by atoms with Crippen LogP contribution in [-0.2, 0) is 22.1 Å². The highest BCUT2D eigenvalue weighted by molar-refractivity contribution is 14.0. The van der Waals surface area contributed by atoms with E-state index in [1.807, 2.05) is 43.3 Å². The van der Waals surface area contributed by atoms with E-state index in [0.29, 0.717) is 24.1 Å². The lowest BCUT2D eigenvalue weighted by atomic mass is 10.1. The lowest BCUT2D eigenvalue weighted by Crippen LogP contribution is -2.41. The maximum Gasteiger partial charge on any atom is 0.191 e. The second-order valence-corrected chi connectivity index (χ2v) is 9.15. The van der Waals surface area contributed by atoms with E-state index in [-0.39, 0.29) is 35.8 Å². The normalized spacial score (nSPS) is 12.6. The highest BCUT2D eigenvalue weighted by Gasteiger charge is 2.07. The van der Waals surface area contributed by atoms with Crippen LogP contribution in [0.25, 0.3) is 0 Å². The molecule has 0 radical (unpaired) electrons. The van der Waals surface area contributed by atoms with Crippen LogP contribution in [0, 0.1) is 0 Å². The van der Waals surface area contributed by atoms with Gasteiger partial charge in [-0.2, -0.15) is 0 Å². The fourth-order valence-electron chi connectivity index (χ4n) is 2.49. The molecule has 0 fully saturated rings. The molecule has 2 aromatic carbocycles. The third kappa shape index (κ3) is 10.2. The fourth-order valence-corrected chi connectivity index (χ4v) is 3.41. The third-order valence-corrected chi connectivity index (χ3v) is 4.95. The summed E-state index contributed by atoms with van der Waals surface area (Å²) in [6, 6.07) is 14.7. The Hall–Kier alpha value is -1.52. The van der Waals surface area contributed by atoms with Gasteiger partial charge in [0.1, 0.15) is 11.9 Å². The molecule has 9 heteroatoms. The number of hydrogen-bond acceptors (Lipinski definition) is 4. The van der Waals surface area contributed by atoms with Crippen molar-refractivity contribution >= 4 is 51.4 Å². The Kier molecular flexibility index (Phi) is 10.8. The predicted octanol–water partition coefficient (Wildman–Crippen LogP) is 3.64. The topological polar surface area (TPSA) is 79.8 Å². The van der Waals surface area contributed by atoms with Crippen LogP contribution in [0.2, 0.25) is 5.02 Å². The molecule has 0 heterocycles. The second-order valence-electron chi connectivity index (χ2n) is 6.58. The number of nitrogens with one attached hydrogen (secondary N) is 2. The van der Waals surface area contributed by atoms with Crippen LogP contribution < -0.4 is 15.4 Å². The van der Waals surface area contributed by atoms with E-state index >= 15 is 0 Å². The molecular formula is C20H27ClIN3O3S. The van der Waals surface area contributed by atoms with Gasteiger partial charge in [0.25, 0.3) is 0 Å². The molecule has 29 heavy (non-hydrogen) atoms. The Morgan fingerprint density at radius 2 is 1.66 bits per heavy atom. The van der Waals surface area contributed by atoms with E-state index in [0.717, 1.165) is 16.9 Å². The average molecular weight is 552 g/mol. The molecule has 2 rings (SSSR count). The van der Waals surface area contributed by atoms with Crippen molar-refractivity contribution in [2.24, 2.45) is 4.99 Å². The number of ether oxygens (including phenoxy) is 1. The second kappa shape index (κ2) is 12.2. The van der Waals surface area contributed by atoms with Gasteiger partial charge in [-0.15, -0.1) is 24.0 Å². The first-order valence-corrected chi connectivity index (χ1v) is 11.3. The zero-order valence-electron chi connectivity index (χ0n) is 16.7. The first-order chi connectivity index (χ1) is 13.2. The van der Waals surface area contributed by atoms with Crippen LogP contribution in [-0.4, -0.2) is 40.3 Å². The Morgan fingerprint density at radius 3 is 2.21 bits per heavy atom. The summed E-state index contributed by atoms with van der Waals surface area (Å²) in [5.74, 6) is 1.47. The molecule has 6 nitrogen and oxygen atoms in total. The third-order valence-electron chi connectivity index (χ3n) is 3.84. The molecule has 2 aromatic rings. The quantitative estimate of drug-likeness (QED) is 0.298. The standard InChI is InChI=1S/C20H26ClN3O3S.HI/c1-15(27-19-10-8-18(21)9-11-19)12-23-20(22-2)24-13-16-4-6-17(7-5-16)14-28(3,25)26;/h4-11,15H,12-14H2,1-3H3,(H2,22,23,24);1H. The lowest BCUT2D eigenvalue weighted by Gasteiger charge is -2.18. The molecule has 0 aromatic heterocycles. The number of hydrogen-bond donors (Lipinski definition) is 2. The number of nitrogens with zero attached hydrogens (tertiary/aromatic N) is 1. The molecule has 0 saturated heterocycles. The largest absolute Gasteiger partial charge is 0.489 e. The van der Waals surface area contributed by atoms with Crippen molar-refractivity contribution in [2.45, 2.75) is 25.3 Å². The van der Waals surface area contributed by atoms with Crippen LogP contribution >= 0.6 is 35.6 Å². The van der Waals surface area contributed by atoms with Gasteiger partial charge in [0.15, 0.2) is 15.8 Å². The molecule has 0 aliphatic rings. The molecule has 160 valence electrons. The van der Waals surface area contributed by atoms with Crippen LogP contribution in [0.1, 0.15) is 18.1 Å². The minimum Gasteiger partial charge on any atom is -0.489 e. The van der Waals surface area contributed by atoms with E-state index in [1.54, 1.807) is 19.2 Å². The van der Waals surface area contributed by atoms with Crippen LogP contribution in [0.5, 0.6) is 5.75 Å². The van der Waals surface area contributed by atoms with Crippen molar-refractivity contribution in [1.82, 2.24) is 10.6 Å². The summed E-state index contributed by atoms with van der Waals surface area (Å²) in [6.07, 6.45) is 1.17. The predicted molar refractivity (Wildman–Crippen MR) is 130 cm³/mol. The molecule has 0 spiro atoms. The number of aliphatic imine (C=N–C) groups is 1. The van der Waals surface area contributed by atoms with Crippen molar-refractivity contribution < 1.29 is 13.2 Å². The summed E-state index contributed by atoms with van der Waals surface area (Å²) in [6.45, 7) is 3.12. The maximum absolute atomic E-state index is 11.3. The molecule has 0 saturated carbocycles. The zero-order valence-corrected chi connectivity index (χ0v) is 20.6. The van der Waals surface area contributed by atoms with Crippen molar-refractivity contribution in [3.8, 4) is 5.75 Å². The van der Waals surface area contributed by atoms with E-state index < -0.39 is 9.84 Å². The zero-order chi connectivity index (χ0) is 20.6. The van der Waals surface area contributed by atoms with Gasteiger partial charge in [-0.1, -0.05) is 35.9 Å². The minimum atomic E-state index is -3.02. The van der Waals surface area contributed by atoms with Crippen LogP contribution in [0.4, 0.5) is 0 Å². The summed E-state index contributed by atoms with van der Waals surface area (Å²) in [7, 11) is -1.32. The molecular weight excluding hydrogens is 525 g/mol. The van der Waals surface area contributed by atoms with Gasteiger partial charge >= 0.3 is 0 Å². The summed E-state index contributed by atoms with van der Waals surface area (Å²) in [4.78, 5) is 4.20. The highest BCUT2D eigenvalue weighted by atomic mass is 127. The highest BCUT2D eigenvalue weighted by Crippen LogP contribution is 2.16. The summed E-state index contributed by atoms with van der Waals surface area (Å²) in [5.41, 5.74) is 1.81. The Labute approximate surface area is 195 Å². The summed E-state index contributed by atoms with van der Waals surface area (Å²) in [5, 5.41) is 7.12. The van der Waals surface area contributed by atoms with Gasteiger partial charge in [0.05, 0.1) is 12.3 Å². The number of guanidine groups is 1. The number of halogens is 2. The van der Waals surface area contributed by atoms with Gasteiger partial charge in [0.2, 0.25) is 0 Å². The Morgan fingerprint density at radius 1 is 1.07 bits per heavy atom. The van der Waals surface area contributed by atoms with Crippen LogP contribution in [0.15, 0.2) is 53.5 Å². The van der Waals surface area contributed by atoms with E-state index in [2.05, 4.69) is 15.6 Å². The van der Waals surface area contributed by atoms with E-state index in [4.69, 9.17) is 16.3 Å². The first kappa shape index (κ1) is 25.5. The Bertz CT molecular complexity index is 888. The van der Waals surface area contributed by atoms with Crippen molar-refractivity contribution in [2.75, 3.05) is 19.8 Å². The number of sulfone groups is 1. The first-order valence-electron chi connectivity index (χ1n) is 8.87. The maximum atomic E-state index is 11.3. The molecule has 0 amide bonds. The number of rotatable bonds is 8. The molecule has 0 aliphatic heterocycles. The van der Waals surface area contributed by atoms with Crippen molar-refractivity contribution in [1.29, 1.82) is 0 Å². The van der Waals surface area contributed by atoms with Crippen molar-refractivity contribution in [3.63, 3.8) is 0 Å². The molecule has 1 atom stereocenters. The van der Waals surface area contributed by atoms with Gasteiger partial charge < -0.3 is 15.4 Å². The van der Waals surface area contributed by atoms with E-state index in [9.17, 15) is 8.42 Å². The summed E-state index contributed by atoms with van der Waals surface area (Å²) < 4.78 is 28.5. The molecule has 2 N–H and O–H groups in total. The molecule has 0 bridgehead atoms. The molecule has 1 unspecified atom stereocenters.